The molecule has 0 heterocycles. The van der Waals surface area contributed by atoms with Gasteiger partial charge in [-0.2, -0.15) is 0 Å². The van der Waals surface area contributed by atoms with E-state index < -0.39 is 6.04 Å². The number of unbranched alkanes of at least 4 members (excludes halogenated alkanes) is 1. The van der Waals surface area contributed by atoms with Gasteiger partial charge in [0.05, 0.1) is 6.61 Å². The van der Waals surface area contributed by atoms with E-state index in [1.165, 1.54) is 0 Å². The maximum Gasteiger partial charge on any atom is 0.328 e. The van der Waals surface area contributed by atoms with Crippen molar-refractivity contribution in [1.82, 2.24) is 5.32 Å². The summed E-state index contributed by atoms with van der Waals surface area (Å²) in [6.07, 6.45) is 4.74. The van der Waals surface area contributed by atoms with Gasteiger partial charge in [-0.05, 0) is 38.6 Å². The number of hydrogen-bond acceptors (Lipinski definition) is 4. The molecule has 1 amide bonds. The Morgan fingerprint density at radius 3 is 2.79 bits per heavy atom. The van der Waals surface area contributed by atoms with Gasteiger partial charge in [0, 0.05) is 5.92 Å². The van der Waals surface area contributed by atoms with Gasteiger partial charge >= 0.3 is 5.97 Å². The van der Waals surface area contributed by atoms with Crippen LogP contribution in [0.3, 0.4) is 0 Å². The van der Waals surface area contributed by atoms with Crippen LogP contribution in [-0.4, -0.2) is 31.1 Å². The molecular formula is C14H26N2O3. The van der Waals surface area contributed by atoms with Crippen LogP contribution in [0, 0.1) is 11.8 Å². The fraction of sp³-hybridized carbons (Fsp3) is 0.857. The molecule has 3 N–H and O–H groups in total. The summed E-state index contributed by atoms with van der Waals surface area (Å²) < 4.78 is 5.08. The summed E-state index contributed by atoms with van der Waals surface area (Å²) in [6.45, 7) is 4.66. The number of nitrogens with one attached hydrogen (secondary N) is 1. The average Bonchev–Trinajstić information content (AvgIpc) is 2.87. The van der Waals surface area contributed by atoms with Crippen molar-refractivity contribution in [2.45, 2.75) is 52.0 Å². The molecule has 0 bridgehead atoms. The highest BCUT2D eigenvalue weighted by Gasteiger charge is 2.33. The Labute approximate surface area is 115 Å². The van der Waals surface area contributed by atoms with Crippen molar-refractivity contribution in [3.8, 4) is 0 Å². The quantitative estimate of drug-likeness (QED) is 0.538. The molecule has 1 saturated carbocycles. The van der Waals surface area contributed by atoms with Crippen molar-refractivity contribution in [2.24, 2.45) is 17.6 Å². The third kappa shape index (κ3) is 4.82. The summed E-state index contributed by atoms with van der Waals surface area (Å²) in [4.78, 5) is 23.7. The Kier molecular flexibility index (Phi) is 6.84. The van der Waals surface area contributed by atoms with E-state index in [9.17, 15) is 9.59 Å². The first-order valence-corrected chi connectivity index (χ1v) is 7.27. The zero-order valence-corrected chi connectivity index (χ0v) is 12.0. The minimum Gasteiger partial charge on any atom is -0.464 e. The van der Waals surface area contributed by atoms with Gasteiger partial charge in [-0.3, -0.25) is 4.79 Å². The second kappa shape index (κ2) is 8.15. The maximum atomic E-state index is 12.1. The molecule has 0 radical (unpaired) electrons. The van der Waals surface area contributed by atoms with Crippen LogP contribution >= 0.6 is 0 Å². The summed E-state index contributed by atoms with van der Waals surface area (Å²) in [6, 6.07) is -0.580. The first-order valence-electron chi connectivity index (χ1n) is 7.27. The molecule has 0 saturated heterocycles. The third-order valence-corrected chi connectivity index (χ3v) is 3.75. The van der Waals surface area contributed by atoms with Crippen molar-refractivity contribution in [3.63, 3.8) is 0 Å². The summed E-state index contributed by atoms with van der Waals surface area (Å²) in [7, 11) is 0. The second-order valence-electron chi connectivity index (χ2n) is 5.28. The summed E-state index contributed by atoms with van der Waals surface area (Å²) in [5, 5.41) is 2.74. The standard InChI is InChI=1S/C14H26N2O3/c1-3-4-8-19-14(18)10(2)16-13(17)12-7-5-6-11(12)9-15/h10-12H,3-9,15H2,1-2H3,(H,16,17)/t10-,11+,12-/m1/s1. The fourth-order valence-electron chi connectivity index (χ4n) is 2.49. The molecule has 19 heavy (non-hydrogen) atoms. The van der Waals surface area contributed by atoms with Crippen LogP contribution in [0.25, 0.3) is 0 Å². The van der Waals surface area contributed by atoms with Gasteiger partial charge in [-0.25, -0.2) is 4.79 Å². The number of carbonyl (C=O) groups is 2. The lowest BCUT2D eigenvalue weighted by molar-refractivity contribution is -0.148. The second-order valence-corrected chi connectivity index (χ2v) is 5.28. The van der Waals surface area contributed by atoms with E-state index in [1.54, 1.807) is 6.92 Å². The summed E-state index contributed by atoms with van der Waals surface area (Å²) in [5.41, 5.74) is 5.66. The molecule has 0 unspecified atom stereocenters. The van der Waals surface area contributed by atoms with E-state index >= 15 is 0 Å². The van der Waals surface area contributed by atoms with E-state index in [0.717, 1.165) is 32.1 Å². The van der Waals surface area contributed by atoms with Gasteiger partial charge in [0.25, 0.3) is 0 Å². The zero-order valence-electron chi connectivity index (χ0n) is 12.0. The average molecular weight is 270 g/mol. The number of nitrogens with two attached hydrogens (primary N) is 1. The molecule has 110 valence electrons. The van der Waals surface area contributed by atoms with Gasteiger partial charge < -0.3 is 15.8 Å². The van der Waals surface area contributed by atoms with E-state index in [2.05, 4.69) is 5.32 Å². The highest BCUT2D eigenvalue weighted by atomic mass is 16.5. The monoisotopic (exact) mass is 270 g/mol. The molecule has 0 aromatic carbocycles. The lowest BCUT2D eigenvalue weighted by atomic mass is 9.95. The van der Waals surface area contributed by atoms with Crippen LogP contribution in [0.2, 0.25) is 0 Å². The molecule has 0 aromatic rings. The number of amides is 1. The van der Waals surface area contributed by atoms with Gasteiger partial charge in [0.15, 0.2) is 0 Å². The number of carbonyl (C=O) groups excluding carboxylic acids is 2. The number of rotatable bonds is 7. The van der Waals surface area contributed by atoms with Crippen molar-refractivity contribution >= 4 is 11.9 Å². The topological polar surface area (TPSA) is 81.4 Å². The van der Waals surface area contributed by atoms with Gasteiger partial charge in [-0.15, -0.1) is 0 Å². The predicted molar refractivity (Wildman–Crippen MR) is 73.4 cm³/mol. The highest BCUT2D eigenvalue weighted by molar-refractivity contribution is 5.85. The summed E-state index contributed by atoms with van der Waals surface area (Å²) in [5.74, 6) is -0.212. The Morgan fingerprint density at radius 1 is 1.42 bits per heavy atom. The third-order valence-electron chi connectivity index (χ3n) is 3.75. The van der Waals surface area contributed by atoms with Crippen LogP contribution < -0.4 is 11.1 Å². The Balaban J connectivity index is 2.36. The van der Waals surface area contributed by atoms with E-state index in [0.29, 0.717) is 13.2 Å². The minimum absolute atomic E-state index is 0.0455. The smallest absolute Gasteiger partial charge is 0.328 e. The molecule has 0 aliphatic heterocycles. The van der Waals surface area contributed by atoms with Crippen molar-refractivity contribution in [2.75, 3.05) is 13.2 Å². The van der Waals surface area contributed by atoms with Gasteiger partial charge in [-0.1, -0.05) is 19.8 Å². The van der Waals surface area contributed by atoms with Gasteiger partial charge in [0.1, 0.15) is 6.04 Å². The molecule has 1 rings (SSSR count). The predicted octanol–water partition coefficient (Wildman–Crippen LogP) is 1.21. The molecule has 1 aliphatic rings. The number of esters is 1. The van der Waals surface area contributed by atoms with E-state index in [-0.39, 0.29) is 23.7 Å². The molecule has 3 atom stereocenters. The van der Waals surface area contributed by atoms with Crippen molar-refractivity contribution in [3.05, 3.63) is 0 Å². The Bertz CT molecular complexity index is 307. The van der Waals surface area contributed by atoms with Crippen LogP contribution in [0.4, 0.5) is 0 Å². The highest BCUT2D eigenvalue weighted by Crippen LogP contribution is 2.30. The molecule has 1 aliphatic carbocycles. The zero-order chi connectivity index (χ0) is 14.3. The molecule has 5 heteroatoms. The maximum absolute atomic E-state index is 12.1. The Morgan fingerprint density at radius 2 is 2.16 bits per heavy atom. The largest absolute Gasteiger partial charge is 0.464 e. The molecular weight excluding hydrogens is 244 g/mol. The van der Waals surface area contributed by atoms with Crippen LogP contribution in [-0.2, 0) is 14.3 Å². The molecule has 0 aromatic heterocycles. The number of hydrogen-bond donors (Lipinski definition) is 2. The first kappa shape index (κ1) is 16.0. The minimum atomic E-state index is -0.580. The lowest BCUT2D eigenvalue weighted by Gasteiger charge is -2.20. The first-order chi connectivity index (χ1) is 9.10. The van der Waals surface area contributed by atoms with Crippen LogP contribution in [0.15, 0.2) is 0 Å². The Hall–Kier alpha value is -1.10. The van der Waals surface area contributed by atoms with Crippen molar-refractivity contribution in [1.29, 1.82) is 0 Å². The number of ether oxygens (including phenoxy) is 1. The molecule has 0 spiro atoms. The fourth-order valence-corrected chi connectivity index (χ4v) is 2.49. The molecule has 1 fully saturated rings. The van der Waals surface area contributed by atoms with E-state index in [1.807, 2.05) is 6.92 Å². The van der Waals surface area contributed by atoms with Gasteiger partial charge in [0.2, 0.25) is 5.91 Å². The lowest BCUT2D eigenvalue weighted by Crippen LogP contribution is -2.44. The van der Waals surface area contributed by atoms with Crippen LogP contribution in [0.1, 0.15) is 46.0 Å². The summed E-state index contributed by atoms with van der Waals surface area (Å²) >= 11 is 0. The van der Waals surface area contributed by atoms with Crippen LogP contribution in [0.5, 0.6) is 0 Å². The SMILES string of the molecule is CCCCOC(=O)[C@@H](C)NC(=O)[C@@H]1CCC[C@H]1CN. The normalized spacial score (nSPS) is 23.9. The molecule has 5 nitrogen and oxygen atoms in total. The van der Waals surface area contributed by atoms with E-state index in [4.69, 9.17) is 10.5 Å². The van der Waals surface area contributed by atoms with Crippen molar-refractivity contribution < 1.29 is 14.3 Å².